The van der Waals surface area contributed by atoms with Gasteiger partial charge in [0.25, 0.3) is 0 Å². The summed E-state index contributed by atoms with van der Waals surface area (Å²) in [5.74, 6) is 1.65. The Morgan fingerprint density at radius 1 is 1.37 bits per heavy atom. The maximum atomic E-state index is 5.68. The molecule has 0 aromatic rings. The summed E-state index contributed by atoms with van der Waals surface area (Å²) < 4.78 is 5.68. The summed E-state index contributed by atoms with van der Waals surface area (Å²) in [6.07, 6.45) is 5.73. The van der Waals surface area contributed by atoms with Gasteiger partial charge in [0, 0.05) is 31.7 Å². The predicted molar refractivity (Wildman–Crippen MR) is 80.3 cm³/mol. The van der Waals surface area contributed by atoms with E-state index in [1.54, 1.807) is 0 Å². The second kappa shape index (κ2) is 7.41. The van der Waals surface area contributed by atoms with Gasteiger partial charge in [-0.2, -0.15) is 0 Å². The van der Waals surface area contributed by atoms with E-state index in [0.717, 1.165) is 44.7 Å². The standard InChI is InChI=1S/C16H30N2O/c1-4-5-9-19-10-8-18-12-15(14-6-7-14)17-11-16(18)13(2)3/h4,13-17H,1,5-12H2,2-3H3. The molecule has 1 saturated heterocycles. The molecule has 2 rings (SSSR count). The van der Waals surface area contributed by atoms with Crippen molar-refractivity contribution in [3.8, 4) is 0 Å². The number of hydrogen-bond acceptors (Lipinski definition) is 3. The first-order valence-electron chi connectivity index (χ1n) is 7.88. The topological polar surface area (TPSA) is 24.5 Å². The van der Waals surface area contributed by atoms with E-state index in [1.165, 1.54) is 19.4 Å². The largest absolute Gasteiger partial charge is 0.380 e. The molecule has 1 heterocycles. The summed E-state index contributed by atoms with van der Waals surface area (Å²) >= 11 is 0. The summed E-state index contributed by atoms with van der Waals surface area (Å²) in [6.45, 7) is 13.5. The lowest BCUT2D eigenvalue weighted by molar-refractivity contribution is 0.0485. The number of piperazine rings is 1. The van der Waals surface area contributed by atoms with Gasteiger partial charge >= 0.3 is 0 Å². The van der Waals surface area contributed by atoms with Crippen LogP contribution < -0.4 is 5.32 Å². The van der Waals surface area contributed by atoms with Crippen LogP contribution in [0.4, 0.5) is 0 Å². The molecular weight excluding hydrogens is 236 g/mol. The van der Waals surface area contributed by atoms with Crippen molar-refractivity contribution in [3.05, 3.63) is 12.7 Å². The van der Waals surface area contributed by atoms with Crippen LogP contribution in [0.3, 0.4) is 0 Å². The molecule has 2 atom stereocenters. The Morgan fingerprint density at radius 2 is 2.16 bits per heavy atom. The molecule has 0 amide bonds. The minimum Gasteiger partial charge on any atom is -0.380 e. The first-order chi connectivity index (χ1) is 9.22. The van der Waals surface area contributed by atoms with Crippen LogP contribution in [0.15, 0.2) is 12.7 Å². The third-order valence-corrected chi connectivity index (χ3v) is 4.44. The zero-order valence-electron chi connectivity index (χ0n) is 12.6. The van der Waals surface area contributed by atoms with Crippen LogP contribution in [0.5, 0.6) is 0 Å². The normalized spacial score (nSPS) is 28.8. The zero-order chi connectivity index (χ0) is 13.7. The lowest BCUT2D eigenvalue weighted by Crippen LogP contribution is -2.59. The Bertz CT molecular complexity index is 276. The first kappa shape index (κ1) is 15.0. The number of nitrogens with one attached hydrogen (secondary N) is 1. The van der Waals surface area contributed by atoms with E-state index in [0.29, 0.717) is 12.0 Å². The van der Waals surface area contributed by atoms with Gasteiger partial charge in [0.2, 0.25) is 0 Å². The molecular formula is C16H30N2O. The minimum atomic E-state index is 0.665. The van der Waals surface area contributed by atoms with E-state index < -0.39 is 0 Å². The van der Waals surface area contributed by atoms with Crippen LogP contribution in [0, 0.1) is 11.8 Å². The van der Waals surface area contributed by atoms with Crippen molar-refractivity contribution < 1.29 is 4.74 Å². The minimum absolute atomic E-state index is 0.665. The first-order valence-corrected chi connectivity index (χ1v) is 7.88. The molecule has 2 unspecified atom stereocenters. The van der Waals surface area contributed by atoms with Gasteiger partial charge in [0.15, 0.2) is 0 Å². The van der Waals surface area contributed by atoms with Crippen LogP contribution in [0.1, 0.15) is 33.1 Å². The lowest BCUT2D eigenvalue weighted by atomic mass is 9.97. The molecule has 2 aliphatic rings. The monoisotopic (exact) mass is 266 g/mol. The molecule has 1 aliphatic heterocycles. The zero-order valence-corrected chi connectivity index (χ0v) is 12.6. The van der Waals surface area contributed by atoms with Gasteiger partial charge < -0.3 is 10.1 Å². The van der Waals surface area contributed by atoms with E-state index >= 15 is 0 Å². The van der Waals surface area contributed by atoms with Crippen molar-refractivity contribution in [3.63, 3.8) is 0 Å². The second-order valence-corrected chi connectivity index (χ2v) is 6.35. The van der Waals surface area contributed by atoms with E-state index in [9.17, 15) is 0 Å². The van der Waals surface area contributed by atoms with E-state index in [4.69, 9.17) is 4.74 Å². The Labute approximate surface area is 118 Å². The number of rotatable bonds is 8. The molecule has 1 aliphatic carbocycles. The Kier molecular flexibility index (Phi) is 5.86. The molecule has 0 aromatic heterocycles. The maximum Gasteiger partial charge on any atom is 0.0593 e. The van der Waals surface area contributed by atoms with Crippen LogP contribution in [-0.4, -0.2) is 49.8 Å². The molecule has 0 aromatic carbocycles. The van der Waals surface area contributed by atoms with Gasteiger partial charge in [-0.3, -0.25) is 4.90 Å². The highest BCUT2D eigenvalue weighted by atomic mass is 16.5. The number of ether oxygens (including phenoxy) is 1. The van der Waals surface area contributed by atoms with Gasteiger partial charge in [-0.25, -0.2) is 0 Å². The quantitative estimate of drug-likeness (QED) is 0.539. The van der Waals surface area contributed by atoms with Gasteiger partial charge in [0.1, 0.15) is 0 Å². The van der Waals surface area contributed by atoms with Crippen molar-refractivity contribution in [1.29, 1.82) is 0 Å². The molecule has 0 radical (unpaired) electrons. The van der Waals surface area contributed by atoms with Gasteiger partial charge in [0.05, 0.1) is 13.2 Å². The van der Waals surface area contributed by atoms with E-state index in [1.807, 2.05) is 6.08 Å². The van der Waals surface area contributed by atoms with Crippen LogP contribution in [0.2, 0.25) is 0 Å². The fourth-order valence-electron chi connectivity index (χ4n) is 3.03. The maximum absolute atomic E-state index is 5.68. The van der Waals surface area contributed by atoms with Crippen LogP contribution in [-0.2, 0) is 4.74 Å². The van der Waals surface area contributed by atoms with E-state index in [-0.39, 0.29) is 0 Å². The van der Waals surface area contributed by atoms with Crippen molar-refractivity contribution in [2.45, 2.75) is 45.2 Å². The average molecular weight is 266 g/mol. The molecule has 0 spiro atoms. The van der Waals surface area contributed by atoms with E-state index in [2.05, 4.69) is 30.6 Å². The molecule has 1 saturated carbocycles. The van der Waals surface area contributed by atoms with Crippen LogP contribution >= 0.6 is 0 Å². The Balaban J connectivity index is 1.75. The SMILES string of the molecule is C=CCCOCCN1CC(C2CC2)NCC1C(C)C. The van der Waals surface area contributed by atoms with Gasteiger partial charge in [-0.05, 0) is 31.1 Å². The molecule has 19 heavy (non-hydrogen) atoms. The van der Waals surface area contributed by atoms with Gasteiger partial charge in [-0.1, -0.05) is 19.9 Å². The highest BCUT2D eigenvalue weighted by Crippen LogP contribution is 2.34. The third-order valence-electron chi connectivity index (χ3n) is 4.44. The highest BCUT2D eigenvalue weighted by molar-refractivity contribution is 4.95. The molecule has 1 N–H and O–H groups in total. The summed E-state index contributed by atoms with van der Waals surface area (Å²) in [5, 5.41) is 3.76. The highest BCUT2D eigenvalue weighted by Gasteiger charge is 2.37. The molecule has 2 fully saturated rings. The third kappa shape index (κ3) is 4.59. The Hall–Kier alpha value is -0.380. The number of hydrogen-bond donors (Lipinski definition) is 1. The van der Waals surface area contributed by atoms with Gasteiger partial charge in [-0.15, -0.1) is 6.58 Å². The van der Waals surface area contributed by atoms with Crippen LogP contribution in [0.25, 0.3) is 0 Å². The smallest absolute Gasteiger partial charge is 0.0593 e. The molecule has 3 heteroatoms. The Morgan fingerprint density at radius 3 is 2.79 bits per heavy atom. The fraction of sp³-hybridized carbons (Fsp3) is 0.875. The summed E-state index contributed by atoms with van der Waals surface area (Å²) in [6, 6.07) is 1.39. The van der Waals surface area contributed by atoms with Crippen molar-refractivity contribution in [1.82, 2.24) is 10.2 Å². The fourth-order valence-corrected chi connectivity index (χ4v) is 3.03. The molecule has 3 nitrogen and oxygen atoms in total. The summed E-state index contributed by atoms with van der Waals surface area (Å²) in [4.78, 5) is 2.65. The lowest BCUT2D eigenvalue weighted by Gasteiger charge is -2.42. The second-order valence-electron chi connectivity index (χ2n) is 6.35. The van der Waals surface area contributed by atoms with Crippen molar-refractivity contribution >= 4 is 0 Å². The number of nitrogens with zero attached hydrogens (tertiary/aromatic N) is 1. The summed E-state index contributed by atoms with van der Waals surface area (Å²) in [5.41, 5.74) is 0. The molecule has 0 bridgehead atoms. The molecule has 110 valence electrons. The van der Waals surface area contributed by atoms with Crippen molar-refractivity contribution in [2.24, 2.45) is 11.8 Å². The average Bonchev–Trinajstić information content (AvgIpc) is 3.22. The predicted octanol–water partition coefficient (Wildman–Crippen LogP) is 2.29. The van der Waals surface area contributed by atoms with Crippen molar-refractivity contribution in [2.75, 3.05) is 32.8 Å². The summed E-state index contributed by atoms with van der Waals surface area (Å²) in [7, 11) is 0.